The van der Waals surface area contributed by atoms with Crippen molar-refractivity contribution in [2.45, 2.75) is 0 Å². The van der Waals surface area contributed by atoms with Gasteiger partial charge in [-0.05, 0) is 64.2 Å². The topological polar surface area (TPSA) is 32.5 Å². The molecule has 0 atom stereocenters. The highest BCUT2D eigenvalue weighted by Crippen LogP contribution is 2.61. The summed E-state index contributed by atoms with van der Waals surface area (Å²) in [4.78, 5) is 10.1. The molecule has 4 nitrogen and oxygen atoms in total. The monoisotopic (exact) mass is 693 g/mol. The van der Waals surface area contributed by atoms with Crippen molar-refractivity contribution in [1.29, 1.82) is 0 Å². The summed E-state index contributed by atoms with van der Waals surface area (Å²) in [6.07, 6.45) is 0. The third-order valence-corrected chi connectivity index (χ3v) is 10.4. The van der Waals surface area contributed by atoms with Crippen molar-refractivity contribution in [3.63, 3.8) is 0 Å². The van der Waals surface area contributed by atoms with Crippen LogP contribution in [0.3, 0.4) is 0 Å². The van der Waals surface area contributed by atoms with Crippen LogP contribution >= 0.6 is 0 Å². The van der Waals surface area contributed by atoms with Gasteiger partial charge in [0.1, 0.15) is 5.52 Å². The minimum Gasteiger partial charge on any atom is -0.436 e. The van der Waals surface area contributed by atoms with Gasteiger partial charge in [0, 0.05) is 23.7 Å². The third-order valence-electron chi connectivity index (χ3n) is 10.4. The lowest BCUT2D eigenvalue weighted by Gasteiger charge is -2.41. The van der Waals surface area contributed by atoms with Gasteiger partial charge in [-0.3, -0.25) is 0 Å². The highest BCUT2D eigenvalue weighted by Gasteiger charge is 2.37. The quantitative estimate of drug-likeness (QED) is 0.174. The van der Waals surface area contributed by atoms with Gasteiger partial charge < -0.3 is 14.2 Å². The van der Waals surface area contributed by atoms with Crippen LogP contribution < -0.4 is 9.80 Å². The Bertz CT molecular complexity index is 2700. The van der Waals surface area contributed by atoms with Crippen LogP contribution in [-0.4, -0.2) is 12.0 Å². The predicted octanol–water partition coefficient (Wildman–Crippen LogP) is 13.7. The van der Waals surface area contributed by atoms with Crippen LogP contribution in [-0.2, 0) is 0 Å². The van der Waals surface area contributed by atoms with E-state index in [1.807, 2.05) is 24.3 Å². The summed E-state index contributed by atoms with van der Waals surface area (Å²) in [6.45, 7) is 0. The highest BCUT2D eigenvalue weighted by molar-refractivity contribution is 6.17. The molecule has 1 aliphatic heterocycles. The van der Waals surface area contributed by atoms with E-state index >= 15 is 0 Å². The van der Waals surface area contributed by atoms with Gasteiger partial charge in [-0.1, -0.05) is 158 Å². The fourth-order valence-corrected chi connectivity index (χ4v) is 8.09. The Morgan fingerprint density at radius 1 is 0.370 bits per heavy atom. The Kier molecular flexibility index (Phi) is 7.66. The molecule has 9 aromatic rings. The second kappa shape index (κ2) is 13.1. The van der Waals surface area contributed by atoms with Gasteiger partial charge in [0.25, 0.3) is 0 Å². The summed E-state index contributed by atoms with van der Waals surface area (Å²) >= 11 is 0. The summed E-state index contributed by atoms with van der Waals surface area (Å²) in [6, 6.07) is 68.5. The molecule has 0 spiro atoms. The van der Waals surface area contributed by atoms with E-state index < -0.39 is 0 Å². The molecule has 1 aliphatic rings. The van der Waals surface area contributed by atoms with Crippen LogP contribution in [0.4, 0.5) is 28.4 Å². The molecule has 0 aliphatic carbocycles. The average molecular weight is 694 g/mol. The zero-order valence-corrected chi connectivity index (χ0v) is 29.7. The summed E-state index contributed by atoms with van der Waals surface area (Å²) in [5.41, 5.74) is 16.6. The number of rotatable bonds is 6. The molecule has 2 heterocycles. The summed E-state index contributed by atoms with van der Waals surface area (Å²) in [5, 5.41) is 0. The van der Waals surface area contributed by atoms with E-state index in [9.17, 15) is 0 Å². The Morgan fingerprint density at radius 3 is 1.22 bits per heavy atom. The maximum Gasteiger partial charge on any atom is 0.230 e. The minimum atomic E-state index is 0.563. The predicted molar refractivity (Wildman–Crippen MR) is 224 cm³/mol. The molecule has 1 aromatic heterocycles. The zero-order valence-electron chi connectivity index (χ0n) is 29.7. The first kappa shape index (κ1) is 31.6. The van der Waals surface area contributed by atoms with Crippen molar-refractivity contribution in [3.05, 3.63) is 194 Å². The van der Waals surface area contributed by atoms with Gasteiger partial charge in [-0.25, -0.2) is 4.98 Å². The molecule has 0 saturated carbocycles. The summed E-state index contributed by atoms with van der Waals surface area (Å²) < 4.78 is 6.92. The maximum absolute atomic E-state index is 6.92. The lowest BCUT2D eigenvalue weighted by atomic mass is 9.78. The Labute approximate surface area is 314 Å². The molecule has 10 rings (SSSR count). The fourth-order valence-electron chi connectivity index (χ4n) is 8.09. The molecule has 256 valence electrons. The second-order valence-corrected chi connectivity index (χ2v) is 13.5. The first-order chi connectivity index (χ1) is 26.8. The fraction of sp³-hybridized carbons (Fsp3) is 0.0200. The van der Waals surface area contributed by atoms with Crippen molar-refractivity contribution >= 4 is 39.5 Å². The standard InChI is InChI=1S/C50H35N3O/c1-52-39-29-15-17-31-41(39)53(42-32-18-16-30-40(42)52)49-47(37-26-12-5-13-27-37)45(35-22-8-3-9-23-35)44(34-20-6-2-7-21-34)46(36-24-10-4-11-25-36)48(49)50-51-38-28-14-19-33-43(38)54-50/h2-33H,1H3. The summed E-state index contributed by atoms with van der Waals surface area (Å²) in [7, 11) is 2.15. The van der Waals surface area contributed by atoms with Gasteiger partial charge in [0.15, 0.2) is 5.58 Å². The number of oxazole rings is 1. The van der Waals surface area contributed by atoms with Crippen LogP contribution in [0.5, 0.6) is 0 Å². The van der Waals surface area contributed by atoms with Gasteiger partial charge in [0.05, 0.1) is 34.0 Å². The van der Waals surface area contributed by atoms with E-state index in [2.05, 4.69) is 187 Å². The van der Waals surface area contributed by atoms with Crippen molar-refractivity contribution < 1.29 is 4.42 Å². The molecule has 0 bridgehead atoms. The lowest BCUT2D eigenvalue weighted by molar-refractivity contribution is 0.620. The van der Waals surface area contributed by atoms with E-state index in [1.54, 1.807) is 0 Å². The largest absolute Gasteiger partial charge is 0.436 e. The van der Waals surface area contributed by atoms with Gasteiger partial charge in [-0.2, -0.15) is 0 Å². The molecular formula is C50H35N3O. The van der Waals surface area contributed by atoms with Crippen LogP contribution in [0, 0.1) is 0 Å². The number of fused-ring (bicyclic) bond motifs is 3. The molecule has 0 saturated heterocycles. The van der Waals surface area contributed by atoms with Crippen molar-refractivity contribution in [2.24, 2.45) is 0 Å². The minimum absolute atomic E-state index is 0.563. The number of aromatic nitrogens is 1. The summed E-state index contributed by atoms with van der Waals surface area (Å²) in [5.74, 6) is 0.563. The number of anilines is 5. The average Bonchev–Trinajstić information content (AvgIpc) is 3.68. The Morgan fingerprint density at radius 2 is 0.741 bits per heavy atom. The number of para-hydroxylation sites is 6. The van der Waals surface area contributed by atoms with Gasteiger partial charge in [-0.15, -0.1) is 0 Å². The van der Waals surface area contributed by atoms with E-state index in [0.29, 0.717) is 5.89 Å². The molecule has 0 radical (unpaired) electrons. The molecule has 54 heavy (non-hydrogen) atoms. The Hall–Kier alpha value is -7.17. The number of hydrogen-bond donors (Lipinski definition) is 0. The van der Waals surface area contributed by atoms with Crippen molar-refractivity contribution in [1.82, 2.24) is 4.98 Å². The zero-order chi connectivity index (χ0) is 36.0. The van der Waals surface area contributed by atoms with Crippen LogP contribution in [0.15, 0.2) is 199 Å². The van der Waals surface area contributed by atoms with Crippen LogP contribution in [0.1, 0.15) is 0 Å². The number of nitrogens with zero attached hydrogens (tertiary/aromatic N) is 3. The Balaban J connectivity index is 1.51. The third kappa shape index (κ3) is 5.11. The van der Waals surface area contributed by atoms with Crippen molar-refractivity contribution in [2.75, 3.05) is 16.8 Å². The lowest BCUT2D eigenvalue weighted by Crippen LogP contribution is -2.25. The first-order valence-electron chi connectivity index (χ1n) is 18.3. The van der Waals surface area contributed by atoms with E-state index in [1.165, 1.54) is 0 Å². The van der Waals surface area contributed by atoms with Crippen LogP contribution in [0.2, 0.25) is 0 Å². The molecule has 0 fully saturated rings. The molecule has 8 aromatic carbocycles. The van der Waals surface area contributed by atoms with E-state index in [-0.39, 0.29) is 0 Å². The first-order valence-corrected chi connectivity index (χ1v) is 18.3. The van der Waals surface area contributed by atoms with Crippen LogP contribution in [0.25, 0.3) is 67.1 Å². The smallest absolute Gasteiger partial charge is 0.230 e. The molecule has 4 heteroatoms. The SMILES string of the molecule is CN1c2ccccc2N(c2c(-c3ccccc3)c(-c3ccccc3)c(-c3ccccc3)c(-c3ccccc3)c2-c2nc3ccccc3o2)c2ccccc21. The molecular weight excluding hydrogens is 659 g/mol. The van der Waals surface area contributed by atoms with E-state index in [0.717, 1.165) is 89.6 Å². The molecule has 0 unspecified atom stereocenters. The number of benzene rings is 8. The normalized spacial score (nSPS) is 12.1. The van der Waals surface area contributed by atoms with Gasteiger partial charge in [0.2, 0.25) is 5.89 Å². The second-order valence-electron chi connectivity index (χ2n) is 13.5. The van der Waals surface area contributed by atoms with Gasteiger partial charge >= 0.3 is 0 Å². The van der Waals surface area contributed by atoms with E-state index in [4.69, 9.17) is 9.40 Å². The molecule has 0 N–H and O–H groups in total. The highest BCUT2D eigenvalue weighted by atomic mass is 16.3. The maximum atomic E-state index is 6.92. The number of hydrogen-bond acceptors (Lipinski definition) is 4. The van der Waals surface area contributed by atoms with Crippen molar-refractivity contribution in [3.8, 4) is 56.0 Å². The molecule has 0 amide bonds.